The van der Waals surface area contributed by atoms with Gasteiger partial charge in [0.2, 0.25) is 0 Å². The number of hydrogen-bond donors (Lipinski definition) is 0. The summed E-state index contributed by atoms with van der Waals surface area (Å²) in [5, 5.41) is 0. The van der Waals surface area contributed by atoms with E-state index in [9.17, 15) is 4.79 Å². The van der Waals surface area contributed by atoms with Crippen LogP contribution in [0.1, 0.15) is 6.92 Å². The Morgan fingerprint density at radius 2 is 2.27 bits per heavy atom. The number of carbonyl (C=O) groups excluding carboxylic acids is 1. The third-order valence-corrected chi connectivity index (χ3v) is 2.10. The molecule has 0 radical (unpaired) electrons. The molecule has 0 fully saturated rings. The molecule has 1 nitrogen and oxygen atoms in total. The van der Waals surface area contributed by atoms with Crippen LogP contribution in [-0.2, 0) is 4.79 Å². The van der Waals surface area contributed by atoms with Crippen molar-refractivity contribution in [3.63, 3.8) is 0 Å². The quantitative estimate of drug-likeness (QED) is 0.612. The van der Waals surface area contributed by atoms with E-state index in [4.69, 9.17) is 0 Å². The van der Waals surface area contributed by atoms with Gasteiger partial charge in [0.25, 0.3) is 0 Å². The van der Waals surface area contributed by atoms with E-state index in [1.807, 2.05) is 37.3 Å². The molecule has 0 N–H and O–H groups in total. The van der Waals surface area contributed by atoms with Gasteiger partial charge in [0.1, 0.15) is 6.29 Å². The minimum Gasteiger partial charge on any atom is -0.302 e. The number of rotatable bonds is 1. The second-order valence-corrected chi connectivity index (χ2v) is 3.64. The average Bonchev–Trinajstić information content (AvgIpc) is 2.15. The minimum atomic E-state index is -0.438. The summed E-state index contributed by atoms with van der Waals surface area (Å²) in [5.74, 6) is 0. The Bertz CT molecular complexity index is 250. The van der Waals surface area contributed by atoms with Crippen LogP contribution >= 0.6 is 15.9 Å². The van der Waals surface area contributed by atoms with Gasteiger partial charge >= 0.3 is 0 Å². The predicted molar refractivity (Wildman–Crippen MR) is 49.5 cm³/mol. The second-order valence-electron chi connectivity index (χ2n) is 2.73. The van der Waals surface area contributed by atoms with Gasteiger partial charge < -0.3 is 4.79 Å². The summed E-state index contributed by atoms with van der Waals surface area (Å²) >= 11 is 3.33. The number of halogens is 1. The van der Waals surface area contributed by atoms with Crippen molar-refractivity contribution in [2.24, 2.45) is 5.41 Å². The number of hydrogen-bond acceptors (Lipinski definition) is 1. The molecule has 1 rings (SSSR count). The highest BCUT2D eigenvalue weighted by atomic mass is 79.9. The van der Waals surface area contributed by atoms with Crippen molar-refractivity contribution in [2.45, 2.75) is 6.92 Å². The van der Waals surface area contributed by atoms with Gasteiger partial charge in [-0.2, -0.15) is 0 Å². The molecule has 0 amide bonds. The van der Waals surface area contributed by atoms with Gasteiger partial charge in [0.05, 0.1) is 5.41 Å². The largest absolute Gasteiger partial charge is 0.302 e. The average molecular weight is 213 g/mol. The lowest BCUT2D eigenvalue weighted by molar-refractivity contribution is -0.111. The summed E-state index contributed by atoms with van der Waals surface area (Å²) in [7, 11) is 0. The molecule has 0 saturated heterocycles. The molecule has 0 aromatic carbocycles. The Labute approximate surface area is 74.6 Å². The maximum Gasteiger partial charge on any atom is 0.133 e. The molecule has 0 heterocycles. The van der Waals surface area contributed by atoms with Gasteiger partial charge in [0.15, 0.2) is 0 Å². The first kappa shape index (κ1) is 8.47. The highest BCUT2D eigenvalue weighted by Gasteiger charge is 2.15. The zero-order valence-corrected chi connectivity index (χ0v) is 7.84. The van der Waals surface area contributed by atoms with Crippen molar-refractivity contribution in [3.8, 4) is 0 Å². The smallest absolute Gasteiger partial charge is 0.133 e. The van der Waals surface area contributed by atoms with Crippen LogP contribution in [0, 0.1) is 5.41 Å². The SMILES string of the molecule is CC1(C=O)C=CC=C(Br)C=C1. The molecule has 11 heavy (non-hydrogen) atoms. The molecule has 0 bridgehead atoms. The van der Waals surface area contributed by atoms with Crippen molar-refractivity contribution in [2.75, 3.05) is 0 Å². The molecule has 0 saturated carbocycles. The molecule has 1 aliphatic rings. The summed E-state index contributed by atoms with van der Waals surface area (Å²) in [6.45, 7) is 1.87. The Morgan fingerprint density at radius 3 is 2.91 bits per heavy atom. The lowest BCUT2D eigenvalue weighted by Gasteiger charge is -2.10. The number of aldehydes is 1. The van der Waals surface area contributed by atoms with E-state index in [-0.39, 0.29) is 0 Å². The fraction of sp³-hybridized carbons (Fsp3) is 0.222. The predicted octanol–water partition coefficient (Wildman–Crippen LogP) is 2.60. The van der Waals surface area contributed by atoms with Crippen molar-refractivity contribution in [1.29, 1.82) is 0 Å². The summed E-state index contributed by atoms with van der Waals surface area (Å²) in [6.07, 6.45) is 10.3. The molecule has 0 aromatic heterocycles. The molecule has 1 unspecified atom stereocenters. The van der Waals surface area contributed by atoms with Crippen LogP contribution < -0.4 is 0 Å². The molecule has 1 aliphatic carbocycles. The summed E-state index contributed by atoms with van der Waals surface area (Å²) in [5.41, 5.74) is -0.438. The van der Waals surface area contributed by atoms with Crippen molar-refractivity contribution >= 4 is 22.2 Å². The van der Waals surface area contributed by atoms with E-state index in [2.05, 4.69) is 15.9 Å². The monoisotopic (exact) mass is 212 g/mol. The van der Waals surface area contributed by atoms with Gasteiger partial charge in [-0.05, 0) is 13.0 Å². The Morgan fingerprint density at radius 1 is 1.55 bits per heavy atom. The van der Waals surface area contributed by atoms with Crippen LogP contribution in [0.5, 0.6) is 0 Å². The molecule has 58 valence electrons. The van der Waals surface area contributed by atoms with Gasteiger partial charge in [-0.15, -0.1) is 0 Å². The molecular formula is C9H9BrO. The van der Waals surface area contributed by atoms with Gasteiger partial charge in [-0.1, -0.05) is 40.2 Å². The maximum absolute atomic E-state index is 10.6. The first-order valence-corrected chi connectivity index (χ1v) is 4.16. The fourth-order valence-electron chi connectivity index (χ4n) is 0.796. The highest BCUT2D eigenvalue weighted by molar-refractivity contribution is 9.11. The normalized spacial score (nSPS) is 29.5. The van der Waals surface area contributed by atoms with E-state index in [1.165, 1.54) is 0 Å². The standard InChI is InChI=1S/C9H9BrO/c1-9(7-11)5-2-3-8(10)4-6-9/h2-7H,1H3. The van der Waals surface area contributed by atoms with E-state index in [1.54, 1.807) is 0 Å². The summed E-state index contributed by atoms with van der Waals surface area (Å²) in [6, 6.07) is 0. The zero-order chi connectivity index (χ0) is 8.32. The molecule has 0 aliphatic heterocycles. The molecule has 0 spiro atoms. The Balaban J connectivity index is 2.95. The van der Waals surface area contributed by atoms with Crippen molar-refractivity contribution in [1.82, 2.24) is 0 Å². The third kappa shape index (κ3) is 2.15. The minimum absolute atomic E-state index is 0.438. The number of allylic oxidation sites excluding steroid dienone is 6. The molecule has 2 heteroatoms. The van der Waals surface area contributed by atoms with Crippen LogP contribution in [0.25, 0.3) is 0 Å². The fourth-order valence-corrected chi connectivity index (χ4v) is 1.08. The Kier molecular flexibility index (Phi) is 2.45. The molecule has 1 atom stereocenters. The second kappa shape index (κ2) is 3.18. The zero-order valence-electron chi connectivity index (χ0n) is 6.25. The van der Waals surface area contributed by atoms with Crippen molar-refractivity contribution < 1.29 is 4.79 Å². The Hall–Kier alpha value is -0.630. The van der Waals surface area contributed by atoms with E-state index >= 15 is 0 Å². The van der Waals surface area contributed by atoms with Gasteiger partial charge in [0, 0.05) is 4.48 Å². The van der Waals surface area contributed by atoms with Crippen molar-refractivity contribution in [3.05, 3.63) is 34.9 Å². The highest BCUT2D eigenvalue weighted by Crippen LogP contribution is 2.22. The first-order valence-electron chi connectivity index (χ1n) is 3.37. The maximum atomic E-state index is 10.6. The van der Waals surface area contributed by atoms with Crippen LogP contribution in [-0.4, -0.2) is 6.29 Å². The van der Waals surface area contributed by atoms with Gasteiger partial charge in [-0.3, -0.25) is 0 Å². The third-order valence-electron chi connectivity index (χ3n) is 1.57. The molecule has 0 aromatic rings. The van der Waals surface area contributed by atoms with E-state index < -0.39 is 5.41 Å². The van der Waals surface area contributed by atoms with Crippen LogP contribution in [0.2, 0.25) is 0 Å². The first-order chi connectivity index (χ1) is 5.16. The summed E-state index contributed by atoms with van der Waals surface area (Å²) < 4.78 is 0.985. The lowest BCUT2D eigenvalue weighted by atomic mass is 9.92. The van der Waals surface area contributed by atoms with Crippen LogP contribution in [0.3, 0.4) is 0 Å². The van der Waals surface area contributed by atoms with Gasteiger partial charge in [-0.25, -0.2) is 0 Å². The number of carbonyl (C=O) groups is 1. The molecular weight excluding hydrogens is 204 g/mol. The topological polar surface area (TPSA) is 17.1 Å². The van der Waals surface area contributed by atoms with E-state index in [0.29, 0.717) is 0 Å². The summed E-state index contributed by atoms with van der Waals surface area (Å²) in [4.78, 5) is 10.6. The lowest BCUT2D eigenvalue weighted by Crippen LogP contribution is -2.09. The van der Waals surface area contributed by atoms with Crippen LogP contribution in [0.15, 0.2) is 34.9 Å². The van der Waals surface area contributed by atoms with E-state index in [0.717, 1.165) is 10.8 Å². The van der Waals surface area contributed by atoms with Crippen LogP contribution in [0.4, 0.5) is 0 Å².